The normalized spacial score (nSPS) is 21.3. The molecular weight excluding hydrogens is 164 g/mol. The van der Waals surface area contributed by atoms with E-state index in [1.165, 1.54) is 0 Å². The average molecular weight is 178 g/mol. The maximum absolute atomic E-state index is 6.26. The van der Waals surface area contributed by atoms with Gasteiger partial charge in [0.1, 0.15) is 0 Å². The van der Waals surface area contributed by atoms with E-state index >= 15 is 0 Å². The van der Waals surface area contributed by atoms with Crippen LogP contribution in [0.2, 0.25) is 0 Å². The quantitative estimate of drug-likeness (QED) is 0.699. The van der Waals surface area contributed by atoms with Crippen molar-refractivity contribution in [3.05, 3.63) is 30.1 Å². The molecule has 0 aliphatic carbocycles. The van der Waals surface area contributed by atoms with Crippen molar-refractivity contribution in [1.29, 1.82) is 0 Å². The maximum atomic E-state index is 6.26. The molecule has 1 aliphatic rings. The first kappa shape index (κ1) is 8.66. The number of pyridine rings is 1. The van der Waals surface area contributed by atoms with Crippen LogP contribution in [0.15, 0.2) is 24.5 Å². The molecule has 3 heteroatoms. The van der Waals surface area contributed by atoms with Crippen LogP contribution in [0.3, 0.4) is 0 Å². The van der Waals surface area contributed by atoms with E-state index in [0.29, 0.717) is 0 Å². The summed E-state index contributed by atoms with van der Waals surface area (Å²) in [5.74, 6) is 0. The Hall–Kier alpha value is -0.930. The lowest BCUT2D eigenvalue weighted by Crippen LogP contribution is -2.42. The summed E-state index contributed by atoms with van der Waals surface area (Å²) in [5, 5.41) is 0. The van der Waals surface area contributed by atoms with Crippen LogP contribution in [0, 0.1) is 0 Å². The van der Waals surface area contributed by atoms with E-state index in [1.807, 2.05) is 18.3 Å². The summed E-state index contributed by atoms with van der Waals surface area (Å²) in [6.45, 7) is 1.51. The molecule has 0 spiro atoms. The van der Waals surface area contributed by atoms with Crippen molar-refractivity contribution < 1.29 is 4.74 Å². The van der Waals surface area contributed by atoms with Gasteiger partial charge in [0, 0.05) is 31.1 Å². The van der Waals surface area contributed by atoms with E-state index < -0.39 is 0 Å². The van der Waals surface area contributed by atoms with Crippen LogP contribution in [0.4, 0.5) is 0 Å². The highest BCUT2D eigenvalue weighted by atomic mass is 16.5. The molecule has 13 heavy (non-hydrogen) atoms. The number of hydrogen-bond acceptors (Lipinski definition) is 3. The molecule has 1 aromatic heterocycles. The second-order valence-electron chi connectivity index (χ2n) is 3.51. The number of hydrogen-bond donors (Lipinski definition) is 1. The van der Waals surface area contributed by atoms with Gasteiger partial charge in [-0.15, -0.1) is 0 Å². The van der Waals surface area contributed by atoms with Crippen LogP contribution in [-0.4, -0.2) is 18.2 Å². The minimum Gasteiger partial charge on any atom is -0.381 e. The summed E-state index contributed by atoms with van der Waals surface area (Å²) in [6.07, 6.45) is 5.40. The highest BCUT2D eigenvalue weighted by Crippen LogP contribution is 2.28. The maximum Gasteiger partial charge on any atom is 0.0486 e. The number of nitrogens with two attached hydrogens (primary N) is 1. The fourth-order valence-corrected chi connectivity index (χ4v) is 1.68. The van der Waals surface area contributed by atoms with Crippen molar-refractivity contribution in [2.45, 2.75) is 18.4 Å². The van der Waals surface area contributed by atoms with Gasteiger partial charge in [-0.1, -0.05) is 6.07 Å². The molecule has 0 aromatic carbocycles. The number of aromatic nitrogens is 1. The van der Waals surface area contributed by atoms with Gasteiger partial charge in [0.2, 0.25) is 0 Å². The molecule has 3 nitrogen and oxygen atoms in total. The van der Waals surface area contributed by atoms with Gasteiger partial charge < -0.3 is 10.5 Å². The smallest absolute Gasteiger partial charge is 0.0486 e. The third kappa shape index (κ3) is 1.71. The van der Waals surface area contributed by atoms with Crippen LogP contribution < -0.4 is 5.73 Å². The Morgan fingerprint density at radius 3 is 2.77 bits per heavy atom. The molecule has 0 atom stereocenters. The van der Waals surface area contributed by atoms with Gasteiger partial charge in [0.05, 0.1) is 0 Å². The van der Waals surface area contributed by atoms with Gasteiger partial charge in [-0.25, -0.2) is 0 Å². The van der Waals surface area contributed by atoms with Crippen molar-refractivity contribution in [1.82, 2.24) is 4.98 Å². The standard InChI is InChI=1S/C10H14N2O/c11-10(3-6-13-7-4-10)9-2-1-5-12-8-9/h1-2,5,8H,3-4,6-7,11H2. The molecule has 2 heterocycles. The van der Waals surface area contributed by atoms with Gasteiger partial charge in [0.25, 0.3) is 0 Å². The summed E-state index contributed by atoms with van der Waals surface area (Å²) in [4.78, 5) is 4.08. The Kier molecular flexibility index (Phi) is 2.29. The highest BCUT2D eigenvalue weighted by Gasteiger charge is 2.29. The second kappa shape index (κ2) is 3.44. The molecule has 1 saturated heterocycles. The molecule has 0 radical (unpaired) electrons. The van der Waals surface area contributed by atoms with Gasteiger partial charge in [-0.05, 0) is 24.5 Å². The van der Waals surface area contributed by atoms with Gasteiger partial charge in [0.15, 0.2) is 0 Å². The molecule has 2 N–H and O–H groups in total. The molecule has 0 amide bonds. The Morgan fingerprint density at radius 2 is 2.15 bits per heavy atom. The van der Waals surface area contributed by atoms with Crippen molar-refractivity contribution >= 4 is 0 Å². The lowest BCUT2D eigenvalue weighted by molar-refractivity contribution is 0.0521. The van der Waals surface area contributed by atoms with E-state index in [4.69, 9.17) is 10.5 Å². The summed E-state index contributed by atoms with van der Waals surface area (Å²) in [7, 11) is 0. The number of rotatable bonds is 1. The first-order valence-electron chi connectivity index (χ1n) is 4.58. The zero-order valence-electron chi connectivity index (χ0n) is 7.57. The fraction of sp³-hybridized carbons (Fsp3) is 0.500. The zero-order chi connectivity index (χ0) is 9.15. The van der Waals surface area contributed by atoms with Crippen LogP contribution >= 0.6 is 0 Å². The summed E-state index contributed by atoms with van der Waals surface area (Å²) < 4.78 is 5.29. The third-order valence-corrected chi connectivity index (χ3v) is 2.62. The van der Waals surface area contributed by atoms with Crippen LogP contribution in [0.5, 0.6) is 0 Å². The van der Waals surface area contributed by atoms with Crippen molar-refractivity contribution in [2.75, 3.05) is 13.2 Å². The molecule has 70 valence electrons. The number of nitrogens with zero attached hydrogens (tertiary/aromatic N) is 1. The van der Waals surface area contributed by atoms with Crippen LogP contribution in [0.25, 0.3) is 0 Å². The molecule has 0 saturated carbocycles. The topological polar surface area (TPSA) is 48.1 Å². The van der Waals surface area contributed by atoms with Gasteiger partial charge in [-0.2, -0.15) is 0 Å². The minimum atomic E-state index is -0.216. The lowest BCUT2D eigenvalue weighted by atomic mass is 9.85. The first-order chi connectivity index (χ1) is 6.31. The Labute approximate surface area is 77.9 Å². The third-order valence-electron chi connectivity index (χ3n) is 2.62. The second-order valence-corrected chi connectivity index (χ2v) is 3.51. The molecule has 1 aliphatic heterocycles. The minimum absolute atomic E-state index is 0.216. The predicted octanol–water partition coefficient (Wildman–Crippen LogP) is 1.05. The van der Waals surface area contributed by atoms with Crippen molar-refractivity contribution in [3.63, 3.8) is 0 Å². The monoisotopic (exact) mass is 178 g/mol. The summed E-state index contributed by atoms with van der Waals surface area (Å²) >= 11 is 0. The van der Waals surface area contributed by atoms with E-state index in [-0.39, 0.29) is 5.54 Å². The van der Waals surface area contributed by atoms with Crippen molar-refractivity contribution in [2.24, 2.45) is 5.73 Å². The predicted molar refractivity (Wildman–Crippen MR) is 50.2 cm³/mol. The molecule has 0 unspecified atom stereocenters. The van der Waals surface area contributed by atoms with Crippen LogP contribution in [0.1, 0.15) is 18.4 Å². The molecule has 2 rings (SSSR count). The highest BCUT2D eigenvalue weighted by molar-refractivity contribution is 5.20. The van der Waals surface area contributed by atoms with Gasteiger partial charge >= 0.3 is 0 Å². The van der Waals surface area contributed by atoms with E-state index in [9.17, 15) is 0 Å². The Balaban J connectivity index is 2.23. The zero-order valence-corrected chi connectivity index (χ0v) is 7.57. The van der Waals surface area contributed by atoms with Crippen LogP contribution in [-0.2, 0) is 10.3 Å². The Bertz CT molecular complexity index is 268. The molecule has 0 bridgehead atoms. The van der Waals surface area contributed by atoms with Crippen molar-refractivity contribution in [3.8, 4) is 0 Å². The first-order valence-corrected chi connectivity index (χ1v) is 4.58. The summed E-state index contributed by atoms with van der Waals surface area (Å²) in [6, 6.07) is 3.97. The SMILES string of the molecule is NC1(c2cccnc2)CCOCC1. The van der Waals surface area contributed by atoms with E-state index in [2.05, 4.69) is 4.98 Å². The number of ether oxygens (including phenoxy) is 1. The van der Waals surface area contributed by atoms with E-state index in [0.717, 1.165) is 31.6 Å². The molecular formula is C10H14N2O. The lowest BCUT2D eigenvalue weighted by Gasteiger charge is -2.33. The average Bonchev–Trinajstić information content (AvgIpc) is 2.20. The fourth-order valence-electron chi connectivity index (χ4n) is 1.68. The van der Waals surface area contributed by atoms with E-state index in [1.54, 1.807) is 6.20 Å². The largest absolute Gasteiger partial charge is 0.381 e. The molecule has 1 fully saturated rings. The molecule has 1 aromatic rings. The Morgan fingerprint density at radius 1 is 1.38 bits per heavy atom. The van der Waals surface area contributed by atoms with Gasteiger partial charge in [-0.3, -0.25) is 4.98 Å². The summed E-state index contributed by atoms with van der Waals surface area (Å²) in [5.41, 5.74) is 7.17.